The van der Waals surface area contributed by atoms with Crippen LogP contribution in [0.4, 0.5) is 0 Å². The molecule has 16 N–H and O–H groups in total. The molecule has 9 amide bonds. The average molecular weight is 945 g/mol. The molecule has 0 fully saturated rings. The van der Waals surface area contributed by atoms with Gasteiger partial charge in [-0.1, -0.05) is 55.4 Å². The predicted molar refractivity (Wildman–Crippen MR) is 235 cm³/mol. The highest BCUT2D eigenvalue weighted by Crippen LogP contribution is 2.12. The summed E-state index contributed by atoms with van der Waals surface area (Å²) < 4.78 is 0. The quantitative estimate of drug-likeness (QED) is 0.0304. The van der Waals surface area contributed by atoms with Gasteiger partial charge in [0.1, 0.15) is 48.3 Å². The fourth-order valence-electron chi connectivity index (χ4n) is 6.30. The molecule has 0 spiro atoms. The SMILES string of the molecule is CC(C)C[C@H](NC(=O)CN)C(=O)N[C@@H](CCC(=O)O)C(=O)N[C@@H](CC(C)C)C(=O)N[C@@H](CC(C)C)C(=O)N[C@@H](CO)C(=O)N[C@@H](CC(C)C)C(=O)N[C@@H](CO)C(=O)N[C@@H](CC(N)=O)C(=O)O. The van der Waals surface area contributed by atoms with E-state index < -0.39 is 152 Å². The maximum Gasteiger partial charge on any atom is 0.326 e. The number of carboxylic acids is 2. The van der Waals surface area contributed by atoms with Gasteiger partial charge in [0.15, 0.2) is 0 Å². The third-order valence-corrected chi connectivity index (χ3v) is 9.50. The van der Waals surface area contributed by atoms with E-state index in [0.29, 0.717) is 0 Å². The Morgan fingerprint density at radius 1 is 0.424 bits per heavy atom. The summed E-state index contributed by atoms with van der Waals surface area (Å²) in [6.07, 6.45) is -1.68. The van der Waals surface area contributed by atoms with Gasteiger partial charge < -0.3 is 74.4 Å². The van der Waals surface area contributed by atoms with Crippen LogP contribution in [0.25, 0.3) is 0 Å². The van der Waals surface area contributed by atoms with Crippen molar-refractivity contribution < 1.29 is 73.2 Å². The zero-order valence-electron chi connectivity index (χ0n) is 38.9. The van der Waals surface area contributed by atoms with Gasteiger partial charge in [-0.25, -0.2) is 4.79 Å². The Bertz CT molecular complexity index is 1690. The molecule has 8 atom stereocenters. The van der Waals surface area contributed by atoms with Crippen LogP contribution >= 0.6 is 0 Å². The van der Waals surface area contributed by atoms with Crippen LogP contribution in [0.1, 0.15) is 100 Å². The summed E-state index contributed by atoms with van der Waals surface area (Å²) >= 11 is 0. The van der Waals surface area contributed by atoms with E-state index in [4.69, 9.17) is 11.5 Å². The van der Waals surface area contributed by atoms with Crippen LogP contribution in [0.2, 0.25) is 0 Å². The van der Waals surface area contributed by atoms with E-state index >= 15 is 0 Å². The molecule has 0 aliphatic rings. The Hall–Kier alpha value is -5.95. The summed E-state index contributed by atoms with van der Waals surface area (Å²) in [5.74, 6) is -12.3. The third kappa shape index (κ3) is 23.8. The number of aliphatic hydroxyl groups is 2. The number of nitrogens with one attached hydrogen (secondary N) is 8. The molecule has 0 aromatic rings. The van der Waals surface area contributed by atoms with Crippen molar-refractivity contribution in [1.82, 2.24) is 42.5 Å². The van der Waals surface area contributed by atoms with E-state index in [1.54, 1.807) is 55.4 Å². The van der Waals surface area contributed by atoms with E-state index in [1.165, 1.54) is 0 Å². The monoisotopic (exact) mass is 945 g/mol. The topological polar surface area (TPSA) is 417 Å². The number of nitrogens with two attached hydrogens (primary N) is 2. The second-order valence-electron chi connectivity index (χ2n) is 17.6. The first kappa shape index (κ1) is 60.1. The summed E-state index contributed by atoms with van der Waals surface area (Å²) in [6, 6.07) is -12.0. The van der Waals surface area contributed by atoms with E-state index in [9.17, 15) is 73.2 Å². The summed E-state index contributed by atoms with van der Waals surface area (Å²) in [5.41, 5.74) is 10.4. The zero-order chi connectivity index (χ0) is 51.0. The van der Waals surface area contributed by atoms with Crippen molar-refractivity contribution >= 4 is 65.1 Å². The molecule has 0 rings (SSSR count). The smallest absolute Gasteiger partial charge is 0.326 e. The van der Waals surface area contributed by atoms with Crippen LogP contribution in [0.15, 0.2) is 0 Å². The molecule has 66 heavy (non-hydrogen) atoms. The summed E-state index contributed by atoms with van der Waals surface area (Å²) in [5, 5.41) is 57.7. The number of primary amides is 1. The summed E-state index contributed by atoms with van der Waals surface area (Å²) in [7, 11) is 0. The highest BCUT2D eigenvalue weighted by atomic mass is 16.4. The van der Waals surface area contributed by atoms with Gasteiger partial charge in [-0.15, -0.1) is 0 Å². The van der Waals surface area contributed by atoms with Gasteiger partial charge in [-0.3, -0.25) is 47.9 Å². The highest BCUT2D eigenvalue weighted by Gasteiger charge is 2.35. The van der Waals surface area contributed by atoms with Gasteiger partial charge in [0.25, 0.3) is 0 Å². The largest absolute Gasteiger partial charge is 0.481 e. The minimum atomic E-state index is -1.78. The molecule has 0 unspecified atom stereocenters. The first-order valence-corrected chi connectivity index (χ1v) is 21.7. The fraction of sp³-hybridized carbons (Fsp3) is 0.732. The molecule has 25 heteroatoms. The number of carbonyl (C=O) groups is 11. The Balaban J connectivity index is 6.38. The van der Waals surface area contributed by atoms with Crippen LogP contribution in [-0.2, 0) is 52.7 Å². The number of carbonyl (C=O) groups excluding carboxylic acids is 9. The van der Waals surface area contributed by atoms with Gasteiger partial charge in [-0.2, -0.15) is 0 Å². The molecule has 0 aromatic heterocycles. The molecular weight excluding hydrogens is 873 g/mol. The number of carboxylic acid groups (broad SMARTS) is 2. The van der Waals surface area contributed by atoms with Gasteiger partial charge in [0, 0.05) is 6.42 Å². The molecule has 25 nitrogen and oxygen atoms in total. The Labute approximate surface area is 383 Å². The first-order valence-electron chi connectivity index (χ1n) is 21.7. The van der Waals surface area contributed by atoms with Crippen molar-refractivity contribution in [2.45, 2.75) is 149 Å². The van der Waals surface area contributed by atoms with Crippen molar-refractivity contribution in [2.75, 3.05) is 19.8 Å². The molecule has 376 valence electrons. The molecule has 0 saturated heterocycles. The molecule has 0 aliphatic heterocycles. The number of hydrogen-bond acceptors (Lipinski definition) is 14. The van der Waals surface area contributed by atoms with Crippen LogP contribution in [0.3, 0.4) is 0 Å². The highest BCUT2D eigenvalue weighted by molar-refractivity contribution is 5.98. The van der Waals surface area contributed by atoms with Gasteiger partial charge in [-0.05, 0) is 55.8 Å². The summed E-state index contributed by atoms with van der Waals surface area (Å²) in [4.78, 5) is 141. The molecule has 0 saturated carbocycles. The molecule has 0 aliphatic carbocycles. The van der Waals surface area contributed by atoms with E-state index in [2.05, 4.69) is 37.2 Å². The lowest BCUT2D eigenvalue weighted by Gasteiger charge is -2.29. The molecule has 0 radical (unpaired) electrons. The van der Waals surface area contributed by atoms with Gasteiger partial charge >= 0.3 is 11.9 Å². The number of amides is 9. The third-order valence-electron chi connectivity index (χ3n) is 9.50. The van der Waals surface area contributed by atoms with E-state index in [-0.39, 0.29) is 49.4 Å². The maximum atomic E-state index is 13.9. The van der Waals surface area contributed by atoms with Crippen LogP contribution in [-0.4, -0.2) is 154 Å². The molecular formula is C41H72N10O15. The minimum absolute atomic E-state index is 0.00298. The lowest BCUT2D eigenvalue weighted by Crippen LogP contribution is -2.61. The average Bonchev–Trinajstić information content (AvgIpc) is 3.20. The van der Waals surface area contributed by atoms with Crippen LogP contribution in [0.5, 0.6) is 0 Å². The van der Waals surface area contributed by atoms with Gasteiger partial charge in [0.05, 0.1) is 26.2 Å². The number of rotatable bonds is 32. The Morgan fingerprint density at radius 3 is 0.970 bits per heavy atom. The Morgan fingerprint density at radius 2 is 0.697 bits per heavy atom. The first-order chi connectivity index (χ1) is 30.6. The number of aliphatic carboxylic acids is 2. The molecule has 0 heterocycles. The predicted octanol–water partition coefficient (Wildman–Crippen LogP) is -4.18. The lowest BCUT2D eigenvalue weighted by molar-refractivity contribution is -0.144. The van der Waals surface area contributed by atoms with Crippen molar-refractivity contribution in [2.24, 2.45) is 35.1 Å². The minimum Gasteiger partial charge on any atom is -0.481 e. The van der Waals surface area contributed by atoms with Crippen LogP contribution < -0.4 is 54.0 Å². The fourth-order valence-corrected chi connectivity index (χ4v) is 6.30. The molecule has 0 aromatic carbocycles. The van der Waals surface area contributed by atoms with Crippen LogP contribution in [0, 0.1) is 23.7 Å². The number of hydrogen-bond donors (Lipinski definition) is 14. The van der Waals surface area contributed by atoms with Crippen molar-refractivity contribution in [3.05, 3.63) is 0 Å². The summed E-state index contributed by atoms with van der Waals surface area (Å²) in [6.45, 7) is 11.4. The van der Waals surface area contributed by atoms with Crippen molar-refractivity contribution in [1.29, 1.82) is 0 Å². The standard InChI is InChI=1S/C41H72N10O15/c1-19(2)11-24(44-32(55)16-42)35(59)45-23(9-10-33(56)57)34(58)46-25(12-20(3)4)36(60)47-26(13-21(5)6)37(61)50-29(17-52)39(63)48-27(14-22(7)8)38(62)51-30(18-53)40(64)49-28(41(65)66)15-31(43)54/h19-30,52-53H,9-18,42H2,1-8H3,(H2,43,54)(H,44,55)(H,45,59)(H,46,58)(H,47,60)(H,48,63)(H,49,64)(H,50,61)(H,51,62)(H,56,57)(H,65,66)/t23-,24-,25-,26-,27-,28-,29-,30-/m0/s1. The van der Waals surface area contributed by atoms with E-state index in [0.717, 1.165) is 0 Å². The van der Waals surface area contributed by atoms with Gasteiger partial charge in [0.2, 0.25) is 53.2 Å². The second kappa shape index (κ2) is 30.3. The second-order valence-corrected chi connectivity index (χ2v) is 17.6. The van der Waals surface area contributed by atoms with E-state index in [1.807, 2.05) is 5.32 Å². The Kier molecular flexibility index (Phi) is 27.6. The zero-order valence-corrected chi connectivity index (χ0v) is 38.9. The number of aliphatic hydroxyl groups excluding tert-OH is 2. The lowest BCUT2D eigenvalue weighted by atomic mass is 9.99. The van der Waals surface area contributed by atoms with Crippen molar-refractivity contribution in [3.63, 3.8) is 0 Å². The van der Waals surface area contributed by atoms with Crippen molar-refractivity contribution in [3.8, 4) is 0 Å². The maximum absolute atomic E-state index is 13.9. The normalized spacial score (nSPS) is 14.9. The molecule has 0 bridgehead atoms.